The van der Waals surface area contributed by atoms with Crippen molar-refractivity contribution in [1.29, 1.82) is 0 Å². The average molecular weight is 370 g/mol. The van der Waals surface area contributed by atoms with Gasteiger partial charge in [0.05, 0.1) is 0 Å². The Labute approximate surface area is 153 Å². The van der Waals surface area contributed by atoms with Gasteiger partial charge in [-0.2, -0.15) is 9.13 Å². The Kier molecular flexibility index (Phi) is 5.05. The highest BCUT2D eigenvalue weighted by atomic mass is 31.2. The van der Waals surface area contributed by atoms with E-state index in [2.05, 4.69) is 36.6 Å². The molecular formula is C20H23N2O3P+2. The average Bonchev–Trinajstić information content (AvgIpc) is 2.60. The summed E-state index contributed by atoms with van der Waals surface area (Å²) in [4.78, 5) is 18.6. The molecule has 0 aliphatic rings. The summed E-state index contributed by atoms with van der Waals surface area (Å²) in [6, 6.07) is 14.2. The Bertz CT molecular complexity index is 943. The van der Waals surface area contributed by atoms with Crippen molar-refractivity contribution in [2.75, 3.05) is 0 Å². The largest absolute Gasteiger partial charge is 0.392 e. The third kappa shape index (κ3) is 4.07. The quantitative estimate of drug-likeness (QED) is 0.547. The fraction of sp³-hybridized carbons (Fsp3) is 0.200. The molecule has 2 heterocycles. The first-order valence-electron chi connectivity index (χ1n) is 8.40. The van der Waals surface area contributed by atoms with Gasteiger partial charge in [0.15, 0.2) is 24.8 Å². The normalized spacial score (nSPS) is 12.8. The first-order chi connectivity index (χ1) is 12.2. The van der Waals surface area contributed by atoms with Crippen LogP contribution in [0.25, 0.3) is 16.8 Å². The van der Waals surface area contributed by atoms with Crippen LogP contribution in [0.15, 0.2) is 67.3 Å². The standard InChI is InChI=1S/C20H21N2O3P/c1-15-12-16(2)14-20(13-15)22-10-6-19(7-11-22)18-4-8-21(9-5-18)17(3)26(23,24)25/h4-14,17H,1-3H3/p+2. The summed E-state index contributed by atoms with van der Waals surface area (Å²) in [6.07, 6.45) is 7.43. The number of benzene rings is 1. The highest BCUT2D eigenvalue weighted by Gasteiger charge is 2.32. The minimum Gasteiger partial charge on any atom is -0.320 e. The Morgan fingerprint density at radius 1 is 0.846 bits per heavy atom. The summed E-state index contributed by atoms with van der Waals surface area (Å²) in [5, 5.41) is 0. The van der Waals surface area contributed by atoms with Crippen LogP contribution in [-0.4, -0.2) is 9.79 Å². The molecule has 26 heavy (non-hydrogen) atoms. The van der Waals surface area contributed by atoms with Crippen molar-refractivity contribution < 1.29 is 23.5 Å². The first kappa shape index (κ1) is 18.5. The van der Waals surface area contributed by atoms with Crippen molar-refractivity contribution in [1.82, 2.24) is 0 Å². The van der Waals surface area contributed by atoms with Crippen LogP contribution in [0.3, 0.4) is 0 Å². The van der Waals surface area contributed by atoms with Crippen molar-refractivity contribution in [2.24, 2.45) is 0 Å². The molecule has 3 rings (SSSR count). The molecule has 0 fully saturated rings. The Morgan fingerprint density at radius 3 is 1.77 bits per heavy atom. The molecule has 0 bridgehead atoms. The molecule has 6 heteroatoms. The minimum absolute atomic E-state index is 0.876. The summed E-state index contributed by atoms with van der Waals surface area (Å²) < 4.78 is 15.0. The molecule has 0 saturated heterocycles. The van der Waals surface area contributed by atoms with Gasteiger partial charge < -0.3 is 9.79 Å². The Balaban J connectivity index is 1.86. The number of hydrogen-bond acceptors (Lipinski definition) is 1. The molecule has 5 nitrogen and oxygen atoms in total. The molecule has 0 aliphatic heterocycles. The molecule has 0 aliphatic carbocycles. The van der Waals surface area contributed by atoms with Crippen LogP contribution < -0.4 is 9.13 Å². The van der Waals surface area contributed by atoms with E-state index in [1.807, 2.05) is 36.7 Å². The van der Waals surface area contributed by atoms with E-state index in [0.717, 1.165) is 16.8 Å². The van der Waals surface area contributed by atoms with Crippen LogP contribution in [0.5, 0.6) is 0 Å². The van der Waals surface area contributed by atoms with Crippen molar-refractivity contribution in [3.05, 3.63) is 78.4 Å². The molecule has 0 saturated carbocycles. The predicted octanol–water partition coefficient (Wildman–Crippen LogP) is 3.23. The van der Waals surface area contributed by atoms with Crippen molar-refractivity contribution in [2.45, 2.75) is 26.6 Å². The number of nitrogens with zero attached hydrogens (tertiary/aromatic N) is 2. The second-order valence-electron chi connectivity index (χ2n) is 6.59. The number of rotatable bonds is 4. The number of hydrogen-bond donors (Lipinski definition) is 2. The Morgan fingerprint density at radius 2 is 1.31 bits per heavy atom. The fourth-order valence-corrected chi connectivity index (χ4v) is 3.45. The second kappa shape index (κ2) is 7.12. The summed E-state index contributed by atoms with van der Waals surface area (Å²) in [5.41, 5.74) is 5.61. The monoisotopic (exact) mass is 370 g/mol. The van der Waals surface area contributed by atoms with E-state index in [9.17, 15) is 14.4 Å². The highest BCUT2D eigenvalue weighted by Crippen LogP contribution is 2.45. The van der Waals surface area contributed by atoms with Crippen LogP contribution in [0, 0.1) is 13.8 Å². The van der Waals surface area contributed by atoms with Gasteiger partial charge in [0.2, 0.25) is 5.69 Å². The van der Waals surface area contributed by atoms with E-state index in [4.69, 9.17) is 0 Å². The van der Waals surface area contributed by atoms with Crippen molar-refractivity contribution in [3.63, 3.8) is 0 Å². The second-order valence-corrected chi connectivity index (χ2v) is 8.52. The third-order valence-corrected chi connectivity index (χ3v) is 5.68. The van der Waals surface area contributed by atoms with E-state index in [0.29, 0.717) is 0 Å². The van der Waals surface area contributed by atoms with E-state index >= 15 is 0 Å². The van der Waals surface area contributed by atoms with E-state index < -0.39 is 13.4 Å². The van der Waals surface area contributed by atoms with Gasteiger partial charge in [0.25, 0.3) is 5.78 Å². The van der Waals surface area contributed by atoms with Crippen LogP contribution in [0.4, 0.5) is 0 Å². The van der Waals surface area contributed by atoms with Crippen LogP contribution in [0.2, 0.25) is 0 Å². The third-order valence-electron chi connectivity index (χ3n) is 4.44. The topological polar surface area (TPSA) is 65.3 Å². The summed E-state index contributed by atoms with van der Waals surface area (Å²) in [5.74, 6) is -0.876. The maximum absolute atomic E-state index is 11.4. The number of pyridine rings is 2. The van der Waals surface area contributed by atoms with Gasteiger partial charge in [-0.05, 0) is 36.1 Å². The van der Waals surface area contributed by atoms with Gasteiger partial charge in [-0.15, -0.1) is 0 Å². The van der Waals surface area contributed by atoms with E-state index in [-0.39, 0.29) is 0 Å². The van der Waals surface area contributed by atoms with Crippen molar-refractivity contribution in [3.8, 4) is 16.8 Å². The molecular weight excluding hydrogens is 347 g/mol. The van der Waals surface area contributed by atoms with Crippen LogP contribution in [-0.2, 0) is 4.57 Å². The molecule has 1 aromatic carbocycles. The molecule has 2 aromatic heterocycles. The van der Waals surface area contributed by atoms with Crippen LogP contribution in [0.1, 0.15) is 23.8 Å². The lowest BCUT2D eigenvalue weighted by Gasteiger charge is -2.09. The minimum atomic E-state index is -4.15. The predicted molar refractivity (Wildman–Crippen MR) is 99.8 cm³/mol. The maximum Gasteiger partial charge on any atom is 0.392 e. The lowest BCUT2D eigenvalue weighted by Crippen LogP contribution is -2.36. The highest BCUT2D eigenvalue weighted by molar-refractivity contribution is 7.51. The summed E-state index contributed by atoms with van der Waals surface area (Å²) >= 11 is 0. The fourth-order valence-electron chi connectivity index (χ4n) is 2.94. The van der Waals surface area contributed by atoms with E-state index in [1.54, 1.807) is 12.4 Å². The lowest BCUT2D eigenvalue weighted by molar-refractivity contribution is -0.701. The molecule has 2 N–H and O–H groups in total. The lowest BCUT2D eigenvalue weighted by atomic mass is 10.1. The molecule has 0 radical (unpaired) electrons. The van der Waals surface area contributed by atoms with Gasteiger partial charge in [0.1, 0.15) is 0 Å². The maximum atomic E-state index is 11.4. The molecule has 134 valence electrons. The van der Waals surface area contributed by atoms with Crippen molar-refractivity contribution >= 4 is 7.60 Å². The van der Waals surface area contributed by atoms with Gasteiger partial charge >= 0.3 is 7.60 Å². The molecule has 3 aromatic rings. The van der Waals surface area contributed by atoms with Gasteiger partial charge in [-0.25, -0.2) is 0 Å². The number of aryl methyl sites for hydroxylation is 2. The zero-order valence-electron chi connectivity index (χ0n) is 15.1. The van der Waals surface area contributed by atoms with Gasteiger partial charge in [0, 0.05) is 43.3 Å². The molecule has 0 spiro atoms. The first-order valence-corrected chi connectivity index (χ1v) is 10.1. The zero-order chi connectivity index (χ0) is 18.9. The SMILES string of the molecule is Cc1cc(C)cc(-[n+]2ccc(-c3cc[n+](C(C)P(=O)(O)O)cc3)cc2)c1. The zero-order valence-corrected chi connectivity index (χ0v) is 16.0. The van der Waals surface area contributed by atoms with Gasteiger partial charge in [-0.1, -0.05) is 6.07 Å². The van der Waals surface area contributed by atoms with Gasteiger partial charge in [-0.3, -0.25) is 4.57 Å². The molecule has 0 amide bonds. The summed E-state index contributed by atoms with van der Waals surface area (Å²) in [6.45, 7) is 5.68. The smallest absolute Gasteiger partial charge is 0.320 e. The molecule has 1 atom stereocenters. The summed E-state index contributed by atoms with van der Waals surface area (Å²) in [7, 11) is -4.15. The number of aromatic nitrogens is 2. The Hall–Kier alpha value is -2.33. The van der Waals surface area contributed by atoms with E-state index in [1.165, 1.54) is 22.6 Å². The van der Waals surface area contributed by atoms with Crippen LogP contribution >= 0.6 is 7.60 Å². The molecule has 1 unspecified atom stereocenters.